The summed E-state index contributed by atoms with van der Waals surface area (Å²) in [6.07, 6.45) is 7.19. The zero-order valence-electron chi connectivity index (χ0n) is 20.2. The molecule has 35 heavy (non-hydrogen) atoms. The summed E-state index contributed by atoms with van der Waals surface area (Å²) in [4.78, 5) is 27.5. The summed E-state index contributed by atoms with van der Waals surface area (Å²) < 4.78 is 0. The van der Waals surface area contributed by atoms with Crippen molar-refractivity contribution in [1.29, 1.82) is 0 Å². The average molecular weight is 491 g/mol. The number of hydrogen-bond donors (Lipinski definition) is 2. The van der Waals surface area contributed by atoms with Gasteiger partial charge in [0.25, 0.3) is 0 Å². The zero-order valence-corrected chi connectivity index (χ0v) is 21.0. The van der Waals surface area contributed by atoms with Gasteiger partial charge in [0.1, 0.15) is 10.6 Å². The molecule has 2 saturated heterocycles. The molecular formula is C27H34N6OS. The molecule has 0 spiro atoms. The number of nitrogens with zero attached hydrogens (tertiary/aromatic N) is 4. The average Bonchev–Trinajstić information content (AvgIpc) is 3.51. The van der Waals surface area contributed by atoms with Gasteiger partial charge in [-0.25, -0.2) is 4.98 Å². The molecule has 3 N–H and O–H groups in total. The van der Waals surface area contributed by atoms with Crippen LogP contribution in [-0.4, -0.2) is 54.6 Å². The fraction of sp³-hybridized carbons (Fsp3) is 0.519. The maximum Gasteiger partial charge on any atom is 0.228 e. The van der Waals surface area contributed by atoms with Gasteiger partial charge in [-0.15, -0.1) is 11.3 Å². The minimum atomic E-state index is -0.228. The number of aromatic nitrogens is 2. The van der Waals surface area contributed by atoms with Gasteiger partial charge >= 0.3 is 0 Å². The summed E-state index contributed by atoms with van der Waals surface area (Å²) in [5.74, 6) is 2.15. The Balaban J connectivity index is 1.30. The molecule has 6 rings (SSSR count). The monoisotopic (exact) mass is 490 g/mol. The van der Waals surface area contributed by atoms with Crippen molar-refractivity contribution in [3.8, 4) is 11.1 Å². The SMILES string of the molecule is NC(=O)C1CCN(c2nc(N3CCC(CNC4CCC4)CC3)c3c(-c4ccccc4)csc3n2)C1. The molecule has 2 aliphatic heterocycles. The first-order valence-corrected chi connectivity index (χ1v) is 13.9. The molecule has 3 aromatic rings. The van der Waals surface area contributed by atoms with Gasteiger partial charge in [0.2, 0.25) is 11.9 Å². The first kappa shape index (κ1) is 22.7. The van der Waals surface area contributed by atoms with Crippen molar-refractivity contribution in [2.75, 3.05) is 42.5 Å². The van der Waals surface area contributed by atoms with Gasteiger partial charge in [0.05, 0.1) is 11.3 Å². The number of primary amides is 1. The maximum atomic E-state index is 11.8. The van der Waals surface area contributed by atoms with Crippen LogP contribution in [0.15, 0.2) is 35.7 Å². The van der Waals surface area contributed by atoms with Crippen LogP contribution in [-0.2, 0) is 4.79 Å². The number of nitrogens with one attached hydrogen (secondary N) is 1. The number of fused-ring (bicyclic) bond motifs is 1. The first-order valence-electron chi connectivity index (χ1n) is 13.0. The van der Waals surface area contributed by atoms with E-state index in [1.807, 2.05) is 0 Å². The molecule has 2 aromatic heterocycles. The third kappa shape index (κ3) is 4.61. The Morgan fingerprint density at radius 3 is 2.49 bits per heavy atom. The fourth-order valence-electron chi connectivity index (χ4n) is 5.58. The molecule has 3 aliphatic rings. The molecule has 1 unspecified atom stereocenters. The molecule has 0 radical (unpaired) electrons. The second kappa shape index (κ2) is 9.74. The zero-order chi connectivity index (χ0) is 23.8. The van der Waals surface area contributed by atoms with Crippen molar-refractivity contribution in [2.45, 2.75) is 44.6 Å². The van der Waals surface area contributed by atoms with E-state index in [9.17, 15) is 4.79 Å². The molecule has 1 amide bonds. The summed E-state index contributed by atoms with van der Waals surface area (Å²) in [6.45, 7) is 4.53. The third-order valence-electron chi connectivity index (χ3n) is 8.08. The van der Waals surface area contributed by atoms with Crippen LogP contribution in [0.4, 0.5) is 11.8 Å². The number of piperidine rings is 1. The summed E-state index contributed by atoms with van der Waals surface area (Å²) in [7, 11) is 0. The van der Waals surface area contributed by atoms with Gasteiger partial charge in [0.15, 0.2) is 0 Å². The third-order valence-corrected chi connectivity index (χ3v) is 8.95. The van der Waals surface area contributed by atoms with Gasteiger partial charge in [0, 0.05) is 43.2 Å². The van der Waals surface area contributed by atoms with Crippen molar-refractivity contribution in [3.63, 3.8) is 0 Å². The minimum absolute atomic E-state index is 0.125. The van der Waals surface area contributed by atoms with Crippen molar-refractivity contribution >= 4 is 39.2 Å². The van der Waals surface area contributed by atoms with E-state index < -0.39 is 0 Å². The van der Waals surface area contributed by atoms with Crippen molar-refractivity contribution in [3.05, 3.63) is 35.7 Å². The number of anilines is 2. The minimum Gasteiger partial charge on any atom is -0.369 e. The van der Waals surface area contributed by atoms with Gasteiger partial charge in [-0.3, -0.25) is 4.79 Å². The summed E-state index contributed by atoms with van der Waals surface area (Å²) in [5, 5.41) is 7.14. The number of benzene rings is 1. The molecule has 1 aliphatic carbocycles. The number of thiophene rings is 1. The highest BCUT2D eigenvalue weighted by atomic mass is 32.1. The first-order chi connectivity index (χ1) is 17.2. The van der Waals surface area contributed by atoms with Crippen LogP contribution in [0.3, 0.4) is 0 Å². The van der Waals surface area contributed by atoms with Crippen molar-refractivity contribution < 1.29 is 4.79 Å². The topological polar surface area (TPSA) is 87.4 Å². The number of carbonyl (C=O) groups is 1. The van der Waals surface area contributed by atoms with E-state index in [4.69, 9.17) is 15.7 Å². The smallest absolute Gasteiger partial charge is 0.228 e. The number of amides is 1. The van der Waals surface area contributed by atoms with Crippen LogP contribution in [0.2, 0.25) is 0 Å². The molecule has 3 fully saturated rings. The number of carbonyl (C=O) groups excluding carboxylic acids is 1. The van der Waals surface area contributed by atoms with Crippen LogP contribution in [0.5, 0.6) is 0 Å². The van der Waals surface area contributed by atoms with Crippen LogP contribution in [0.1, 0.15) is 38.5 Å². The highest BCUT2D eigenvalue weighted by molar-refractivity contribution is 7.17. The van der Waals surface area contributed by atoms with E-state index in [0.29, 0.717) is 6.54 Å². The summed E-state index contributed by atoms with van der Waals surface area (Å²) >= 11 is 1.68. The van der Waals surface area contributed by atoms with E-state index in [1.165, 1.54) is 43.2 Å². The Morgan fingerprint density at radius 2 is 1.80 bits per heavy atom. The maximum absolute atomic E-state index is 11.8. The van der Waals surface area contributed by atoms with E-state index in [1.54, 1.807) is 11.3 Å². The molecule has 1 aromatic carbocycles. The number of nitrogens with two attached hydrogens (primary N) is 1. The number of hydrogen-bond acceptors (Lipinski definition) is 7. The lowest BCUT2D eigenvalue weighted by molar-refractivity contribution is -0.121. The second-order valence-electron chi connectivity index (χ2n) is 10.3. The van der Waals surface area contributed by atoms with Gasteiger partial charge in [-0.05, 0) is 50.1 Å². The molecule has 4 heterocycles. The Bertz CT molecular complexity index is 1190. The van der Waals surface area contributed by atoms with E-state index in [0.717, 1.165) is 66.5 Å². The Labute approximate surface area is 210 Å². The second-order valence-corrected chi connectivity index (χ2v) is 11.2. The molecule has 8 heteroatoms. The lowest BCUT2D eigenvalue weighted by atomic mass is 9.91. The summed E-state index contributed by atoms with van der Waals surface area (Å²) in [5.41, 5.74) is 8.00. The van der Waals surface area contributed by atoms with Crippen molar-refractivity contribution in [1.82, 2.24) is 15.3 Å². The van der Waals surface area contributed by atoms with Crippen LogP contribution in [0, 0.1) is 11.8 Å². The predicted molar refractivity (Wildman–Crippen MR) is 143 cm³/mol. The largest absolute Gasteiger partial charge is 0.369 e. The quantitative estimate of drug-likeness (QED) is 0.520. The highest BCUT2D eigenvalue weighted by Gasteiger charge is 2.31. The molecule has 1 atom stereocenters. The Hall–Kier alpha value is -2.71. The predicted octanol–water partition coefficient (Wildman–Crippen LogP) is 4.03. The fourth-order valence-corrected chi connectivity index (χ4v) is 6.52. The number of rotatable bonds is 7. The van der Waals surface area contributed by atoms with Crippen LogP contribution < -0.4 is 20.9 Å². The molecule has 184 valence electrons. The summed E-state index contributed by atoms with van der Waals surface area (Å²) in [6, 6.07) is 11.3. The van der Waals surface area contributed by atoms with Crippen LogP contribution in [0.25, 0.3) is 21.3 Å². The van der Waals surface area contributed by atoms with Crippen LogP contribution >= 0.6 is 11.3 Å². The lowest BCUT2D eigenvalue weighted by Gasteiger charge is -2.35. The van der Waals surface area contributed by atoms with Crippen molar-refractivity contribution in [2.24, 2.45) is 17.6 Å². The van der Waals surface area contributed by atoms with Gasteiger partial charge in [-0.1, -0.05) is 36.8 Å². The standard InChI is InChI=1S/C27H34N6OS/c28-24(34)20-11-14-33(16-20)27-30-25(32-12-9-18(10-13-32)15-29-21-7-4-8-21)23-22(17-35-26(23)31-27)19-5-2-1-3-6-19/h1-3,5-6,17-18,20-21,29H,4,7-16H2,(H2,28,34). The lowest BCUT2D eigenvalue weighted by Crippen LogP contribution is -2.42. The van der Waals surface area contributed by atoms with Gasteiger partial charge in [-0.2, -0.15) is 4.98 Å². The van der Waals surface area contributed by atoms with E-state index in [2.05, 4.69) is 50.8 Å². The molecule has 7 nitrogen and oxygen atoms in total. The van der Waals surface area contributed by atoms with Gasteiger partial charge < -0.3 is 20.9 Å². The molecular weight excluding hydrogens is 456 g/mol. The highest BCUT2D eigenvalue weighted by Crippen LogP contribution is 2.40. The molecule has 1 saturated carbocycles. The Morgan fingerprint density at radius 1 is 1.03 bits per heavy atom. The van der Waals surface area contributed by atoms with E-state index in [-0.39, 0.29) is 11.8 Å². The van der Waals surface area contributed by atoms with E-state index >= 15 is 0 Å². The normalized spacial score (nSPS) is 21.5. The molecule has 0 bridgehead atoms. The Kier molecular flexibility index (Phi) is 6.33.